The number of ether oxygens (including phenoxy) is 2. The first-order valence-electron chi connectivity index (χ1n) is 18.5. The highest BCUT2D eigenvalue weighted by Gasteiger charge is 2.69. The van der Waals surface area contributed by atoms with Gasteiger partial charge in [0, 0.05) is 11.5 Å². The van der Waals surface area contributed by atoms with Crippen LogP contribution in [0.25, 0.3) is 6.08 Å². The Morgan fingerprint density at radius 3 is 2.38 bits per heavy atom. The smallest absolute Gasteiger partial charge is 0.331 e. The highest BCUT2D eigenvalue weighted by molar-refractivity contribution is 5.87. The van der Waals surface area contributed by atoms with Crippen LogP contribution in [0.5, 0.6) is 11.5 Å². The van der Waals surface area contributed by atoms with Crippen molar-refractivity contribution < 1.29 is 19.4 Å². The Hall–Kier alpha value is -1.97. The number of methoxy groups -OCH3 is 1. The average molecular weight is 621 g/mol. The van der Waals surface area contributed by atoms with Crippen molar-refractivity contribution in [2.45, 2.75) is 139 Å². The third-order valence-corrected chi connectivity index (χ3v) is 14.8. The van der Waals surface area contributed by atoms with Gasteiger partial charge in [0.1, 0.15) is 6.10 Å². The third-order valence-electron chi connectivity index (χ3n) is 14.8. The molecule has 4 heteroatoms. The minimum absolute atomic E-state index is 0.0495. The lowest BCUT2D eigenvalue weighted by Crippen LogP contribution is -2.63. The molecule has 4 fully saturated rings. The van der Waals surface area contributed by atoms with Gasteiger partial charge >= 0.3 is 5.97 Å². The fourth-order valence-corrected chi connectivity index (χ4v) is 12.1. The minimum Gasteiger partial charge on any atom is -0.504 e. The molecule has 1 N–H and O–H groups in total. The van der Waals surface area contributed by atoms with Crippen LogP contribution in [0, 0.1) is 57.2 Å². The van der Waals surface area contributed by atoms with Crippen molar-refractivity contribution in [3.63, 3.8) is 0 Å². The topological polar surface area (TPSA) is 55.8 Å². The molecule has 9 atom stereocenters. The second-order valence-electron chi connectivity index (χ2n) is 17.3. The van der Waals surface area contributed by atoms with Crippen molar-refractivity contribution in [1.82, 2.24) is 0 Å². The monoisotopic (exact) mass is 620 g/mol. The molecular formula is C41H64O4. The van der Waals surface area contributed by atoms with Gasteiger partial charge < -0.3 is 14.6 Å². The maximum atomic E-state index is 13.1. The summed E-state index contributed by atoms with van der Waals surface area (Å²) in [5.74, 6) is 4.82. The van der Waals surface area contributed by atoms with Gasteiger partial charge in [0.25, 0.3) is 0 Å². The molecule has 0 aliphatic heterocycles. The fraction of sp³-hybridized carbons (Fsp3) is 0.780. The molecule has 0 heterocycles. The summed E-state index contributed by atoms with van der Waals surface area (Å²) in [6.07, 6.45) is 19.0. The van der Waals surface area contributed by atoms with Gasteiger partial charge in [-0.05, 0) is 133 Å². The predicted octanol–water partition coefficient (Wildman–Crippen LogP) is 10.9. The number of hydrogen-bond acceptors (Lipinski definition) is 4. The fourth-order valence-electron chi connectivity index (χ4n) is 12.1. The molecule has 0 saturated heterocycles. The lowest BCUT2D eigenvalue weighted by Gasteiger charge is -2.69. The highest BCUT2D eigenvalue weighted by atomic mass is 16.5. The summed E-state index contributed by atoms with van der Waals surface area (Å²) < 4.78 is 11.5. The van der Waals surface area contributed by atoms with Crippen molar-refractivity contribution in [3.8, 4) is 11.5 Å². The molecule has 0 aromatic heterocycles. The van der Waals surface area contributed by atoms with Gasteiger partial charge in [-0.1, -0.05) is 80.7 Å². The van der Waals surface area contributed by atoms with E-state index >= 15 is 0 Å². The highest BCUT2D eigenvalue weighted by Crippen LogP contribution is 2.76. The van der Waals surface area contributed by atoms with Crippen molar-refractivity contribution >= 4 is 12.0 Å². The van der Waals surface area contributed by atoms with Gasteiger partial charge in [-0.3, -0.25) is 0 Å². The van der Waals surface area contributed by atoms with Gasteiger partial charge in [0.15, 0.2) is 11.5 Å². The Bertz CT molecular complexity index is 1230. The summed E-state index contributed by atoms with van der Waals surface area (Å²) in [6, 6.07) is 5.09. The van der Waals surface area contributed by atoms with Crippen LogP contribution in [0.1, 0.15) is 138 Å². The number of carbonyl (C=O) groups excluding carboxylic acids is 1. The first kappa shape index (κ1) is 34.4. The van der Waals surface area contributed by atoms with Crippen LogP contribution in [0.3, 0.4) is 0 Å². The standard InChI is InChI=1S/C41H64O4/c1-10-41-25-24-39(7)30(28(4)13-11-12-27(2)3)22-23-40(39,8)35(41)19-16-31-32(41)17-20-36(38(31,5)6)45-37(43)21-15-29-14-18-33(42)34(26-29)44-9/h14-15,18,21,26-28,30-32,35-36,42H,10-13,16-17,19-20,22-25H2,1-9H3. The largest absolute Gasteiger partial charge is 0.504 e. The Kier molecular flexibility index (Phi) is 9.86. The minimum atomic E-state index is -0.280. The summed E-state index contributed by atoms with van der Waals surface area (Å²) in [5, 5.41) is 9.90. The van der Waals surface area contributed by atoms with E-state index in [4.69, 9.17) is 9.47 Å². The molecule has 5 rings (SSSR count). The van der Waals surface area contributed by atoms with E-state index in [1.165, 1.54) is 83.8 Å². The Balaban J connectivity index is 1.30. The van der Waals surface area contributed by atoms with Gasteiger partial charge in [0.2, 0.25) is 0 Å². The number of esters is 1. The van der Waals surface area contributed by atoms with Crippen LogP contribution >= 0.6 is 0 Å². The second kappa shape index (κ2) is 12.9. The van der Waals surface area contributed by atoms with Crippen LogP contribution in [-0.4, -0.2) is 24.3 Å². The SMILES string of the molecule is CCC12CCC3(C)C(C(C)CCCC(C)C)CCC3(C)C1CCC1C2CCC(OC(=O)C=Cc2ccc(O)c(OC)c2)C1(C)C. The van der Waals surface area contributed by atoms with E-state index in [-0.39, 0.29) is 23.2 Å². The van der Waals surface area contributed by atoms with Crippen LogP contribution in [-0.2, 0) is 9.53 Å². The number of carbonyl (C=O) groups is 1. The van der Waals surface area contributed by atoms with Crippen LogP contribution in [0.4, 0.5) is 0 Å². The summed E-state index contributed by atoms with van der Waals surface area (Å²) in [7, 11) is 1.53. The van der Waals surface area contributed by atoms with E-state index in [1.807, 2.05) is 0 Å². The van der Waals surface area contributed by atoms with Gasteiger partial charge in [-0.25, -0.2) is 4.79 Å². The predicted molar refractivity (Wildman–Crippen MR) is 185 cm³/mol. The van der Waals surface area contributed by atoms with E-state index < -0.39 is 0 Å². The number of benzene rings is 1. The zero-order chi connectivity index (χ0) is 32.8. The summed E-state index contributed by atoms with van der Waals surface area (Å²) >= 11 is 0. The molecule has 0 bridgehead atoms. The molecule has 4 saturated carbocycles. The van der Waals surface area contributed by atoms with Gasteiger partial charge in [-0.15, -0.1) is 0 Å². The quantitative estimate of drug-likeness (QED) is 0.209. The van der Waals surface area contributed by atoms with E-state index in [9.17, 15) is 9.90 Å². The van der Waals surface area contributed by atoms with Crippen LogP contribution < -0.4 is 4.74 Å². The molecule has 0 spiro atoms. The number of hydrogen-bond donors (Lipinski definition) is 1. The zero-order valence-corrected chi connectivity index (χ0v) is 30.1. The van der Waals surface area contributed by atoms with Crippen LogP contribution in [0.2, 0.25) is 0 Å². The lowest BCUT2D eigenvalue weighted by molar-refractivity contribution is -0.215. The van der Waals surface area contributed by atoms with Crippen LogP contribution in [0.15, 0.2) is 24.3 Å². The molecule has 4 aliphatic carbocycles. The molecule has 4 aliphatic rings. The number of aromatic hydroxyl groups is 1. The normalized spacial score (nSPS) is 38.0. The van der Waals surface area contributed by atoms with Crippen molar-refractivity contribution in [2.75, 3.05) is 7.11 Å². The number of rotatable bonds is 10. The van der Waals surface area contributed by atoms with E-state index in [0.29, 0.717) is 27.9 Å². The second-order valence-corrected chi connectivity index (χ2v) is 17.3. The maximum Gasteiger partial charge on any atom is 0.331 e. The molecule has 9 unspecified atom stereocenters. The number of fused-ring (bicyclic) bond motifs is 5. The zero-order valence-electron chi connectivity index (χ0n) is 30.1. The Labute approximate surface area is 275 Å². The molecule has 252 valence electrons. The van der Waals surface area contributed by atoms with Crippen molar-refractivity contribution in [1.29, 1.82) is 0 Å². The molecule has 4 nitrogen and oxygen atoms in total. The Morgan fingerprint density at radius 1 is 0.956 bits per heavy atom. The molecular weight excluding hydrogens is 556 g/mol. The summed E-state index contributed by atoms with van der Waals surface area (Å²) in [6.45, 7) is 20.1. The molecule has 0 radical (unpaired) electrons. The van der Waals surface area contributed by atoms with E-state index in [0.717, 1.165) is 41.6 Å². The first-order chi connectivity index (χ1) is 21.2. The number of phenolic OH excluding ortho intramolecular Hbond substituents is 1. The Morgan fingerprint density at radius 2 is 1.69 bits per heavy atom. The first-order valence-corrected chi connectivity index (χ1v) is 18.5. The summed E-state index contributed by atoms with van der Waals surface area (Å²) in [5.41, 5.74) is 2.04. The van der Waals surface area contributed by atoms with Crippen molar-refractivity contribution in [3.05, 3.63) is 29.8 Å². The van der Waals surface area contributed by atoms with E-state index in [2.05, 4.69) is 55.4 Å². The van der Waals surface area contributed by atoms with Crippen molar-refractivity contribution in [2.24, 2.45) is 57.2 Å². The number of phenols is 1. The maximum absolute atomic E-state index is 13.1. The summed E-state index contributed by atoms with van der Waals surface area (Å²) in [4.78, 5) is 13.1. The van der Waals surface area contributed by atoms with Gasteiger partial charge in [-0.2, -0.15) is 0 Å². The van der Waals surface area contributed by atoms with Gasteiger partial charge in [0.05, 0.1) is 7.11 Å². The molecule has 45 heavy (non-hydrogen) atoms. The molecule has 0 amide bonds. The lowest BCUT2D eigenvalue weighted by atomic mass is 9.36. The van der Waals surface area contributed by atoms with E-state index in [1.54, 1.807) is 24.3 Å². The third kappa shape index (κ3) is 5.88. The molecule has 1 aromatic carbocycles. The average Bonchev–Trinajstić information content (AvgIpc) is 3.28. The molecule has 1 aromatic rings.